The third kappa shape index (κ3) is 3.39. The van der Waals surface area contributed by atoms with Crippen molar-refractivity contribution in [1.82, 2.24) is 14.8 Å². The fourth-order valence-corrected chi connectivity index (χ4v) is 3.51. The summed E-state index contributed by atoms with van der Waals surface area (Å²) in [5, 5.41) is 2.55. The number of pyridine rings is 1. The molecular weight excluding hydrogens is 326 g/mol. The van der Waals surface area contributed by atoms with Crippen molar-refractivity contribution in [3.8, 4) is 0 Å². The smallest absolute Gasteiger partial charge is 0.255 e. The minimum absolute atomic E-state index is 0.0222. The molecule has 26 heavy (non-hydrogen) atoms. The Morgan fingerprint density at radius 2 is 1.69 bits per heavy atom. The quantitative estimate of drug-likeness (QED) is 0.792. The molecule has 0 unspecified atom stereocenters. The summed E-state index contributed by atoms with van der Waals surface area (Å²) < 4.78 is 0. The number of aromatic amines is 1. The van der Waals surface area contributed by atoms with Crippen molar-refractivity contribution in [2.75, 3.05) is 26.2 Å². The molecule has 0 atom stereocenters. The average Bonchev–Trinajstić information content (AvgIpc) is 2.69. The first-order chi connectivity index (χ1) is 12.7. The third-order valence-corrected chi connectivity index (χ3v) is 4.96. The number of amides is 1. The van der Waals surface area contributed by atoms with E-state index in [0.717, 1.165) is 19.6 Å². The van der Waals surface area contributed by atoms with Crippen molar-refractivity contribution in [1.29, 1.82) is 0 Å². The molecule has 1 aliphatic heterocycles. The summed E-state index contributed by atoms with van der Waals surface area (Å²) in [6.07, 6.45) is 1.49. The predicted molar refractivity (Wildman–Crippen MR) is 102 cm³/mol. The molecule has 132 valence electrons. The fourth-order valence-electron chi connectivity index (χ4n) is 3.51. The van der Waals surface area contributed by atoms with Crippen LogP contribution in [-0.4, -0.2) is 46.9 Å². The monoisotopic (exact) mass is 347 g/mol. The molecule has 0 spiro atoms. The molecular formula is C21H21N3O2. The molecule has 1 amide bonds. The standard InChI is InChI=1S/C21H21N3O2/c25-20-9-8-17(14-22-20)21(26)24-12-10-23(11-13-24)15-18-6-3-5-16-4-1-2-7-19(16)18/h1-9,14H,10-13,15H2,(H,22,25). The maximum Gasteiger partial charge on any atom is 0.255 e. The fraction of sp³-hybridized carbons (Fsp3) is 0.238. The molecule has 5 heteroatoms. The minimum atomic E-state index is -0.193. The van der Waals surface area contributed by atoms with Crippen molar-refractivity contribution in [2.24, 2.45) is 0 Å². The zero-order valence-corrected chi connectivity index (χ0v) is 14.5. The number of nitrogens with zero attached hydrogens (tertiary/aromatic N) is 2. The summed E-state index contributed by atoms with van der Waals surface area (Å²) >= 11 is 0. The van der Waals surface area contributed by atoms with Gasteiger partial charge in [-0.1, -0.05) is 42.5 Å². The lowest BCUT2D eigenvalue weighted by atomic mass is 10.0. The number of hydrogen-bond donors (Lipinski definition) is 1. The van der Waals surface area contributed by atoms with Crippen molar-refractivity contribution in [3.05, 3.63) is 82.3 Å². The van der Waals surface area contributed by atoms with E-state index in [9.17, 15) is 9.59 Å². The average molecular weight is 347 g/mol. The first-order valence-corrected chi connectivity index (χ1v) is 8.88. The van der Waals surface area contributed by atoms with Crippen LogP contribution < -0.4 is 5.56 Å². The first kappa shape index (κ1) is 16.5. The largest absolute Gasteiger partial charge is 0.336 e. The zero-order chi connectivity index (χ0) is 17.9. The summed E-state index contributed by atoms with van der Waals surface area (Å²) in [6.45, 7) is 3.98. The minimum Gasteiger partial charge on any atom is -0.336 e. The van der Waals surface area contributed by atoms with E-state index in [1.165, 1.54) is 28.6 Å². The molecule has 1 saturated heterocycles. The van der Waals surface area contributed by atoms with Gasteiger partial charge >= 0.3 is 0 Å². The van der Waals surface area contributed by atoms with Gasteiger partial charge in [0.05, 0.1) is 5.56 Å². The van der Waals surface area contributed by atoms with Crippen molar-refractivity contribution >= 4 is 16.7 Å². The van der Waals surface area contributed by atoms with E-state index in [1.54, 1.807) is 6.07 Å². The zero-order valence-electron chi connectivity index (χ0n) is 14.5. The van der Waals surface area contributed by atoms with Gasteiger partial charge in [0.1, 0.15) is 0 Å². The number of carbonyl (C=O) groups is 1. The van der Waals surface area contributed by atoms with Crippen LogP contribution in [0, 0.1) is 0 Å². The number of aromatic nitrogens is 1. The normalized spacial score (nSPS) is 15.3. The third-order valence-electron chi connectivity index (χ3n) is 4.96. The van der Waals surface area contributed by atoms with Gasteiger partial charge in [-0.3, -0.25) is 14.5 Å². The maximum absolute atomic E-state index is 12.5. The molecule has 0 aliphatic carbocycles. The topological polar surface area (TPSA) is 56.4 Å². The Hall–Kier alpha value is -2.92. The van der Waals surface area contributed by atoms with E-state index in [0.29, 0.717) is 18.7 Å². The number of carbonyl (C=O) groups excluding carboxylic acids is 1. The van der Waals surface area contributed by atoms with Gasteiger partial charge in [-0.05, 0) is 22.4 Å². The van der Waals surface area contributed by atoms with Gasteiger partial charge in [0.2, 0.25) is 5.56 Å². The summed E-state index contributed by atoms with van der Waals surface area (Å²) in [7, 11) is 0. The number of rotatable bonds is 3. The molecule has 1 aromatic heterocycles. The molecule has 0 bridgehead atoms. The highest BCUT2D eigenvalue weighted by atomic mass is 16.2. The lowest BCUT2D eigenvalue weighted by molar-refractivity contribution is 0.0628. The van der Waals surface area contributed by atoms with Crippen LogP contribution in [0.2, 0.25) is 0 Å². The lowest BCUT2D eigenvalue weighted by Gasteiger charge is -2.35. The van der Waals surface area contributed by atoms with Crippen LogP contribution in [-0.2, 0) is 6.54 Å². The maximum atomic E-state index is 12.5. The first-order valence-electron chi connectivity index (χ1n) is 8.88. The second-order valence-corrected chi connectivity index (χ2v) is 6.65. The summed E-state index contributed by atoms with van der Waals surface area (Å²) in [4.78, 5) is 30.5. The van der Waals surface area contributed by atoms with Crippen LogP contribution in [0.15, 0.2) is 65.6 Å². The number of H-pyrrole nitrogens is 1. The Balaban J connectivity index is 1.41. The van der Waals surface area contributed by atoms with Crippen LogP contribution in [0.25, 0.3) is 10.8 Å². The molecule has 2 aromatic carbocycles. The van der Waals surface area contributed by atoms with Crippen molar-refractivity contribution < 1.29 is 4.79 Å². The Morgan fingerprint density at radius 1 is 0.923 bits per heavy atom. The summed E-state index contributed by atoms with van der Waals surface area (Å²) in [5.41, 5.74) is 1.66. The molecule has 1 fully saturated rings. The second-order valence-electron chi connectivity index (χ2n) is 6.65. The van der Waals surface area contributed by atoms with Gasteiger partial charge in [-0.15, -0.1) is 0 Å². The number of nitrogens with one attached hydrogen (secondary N) is 1. The molecule has 2 heterocycles. The van der Waals surface area contributed by atoms with E-state index in [4.69, 9.17) is 0 Å². The van der Waals surface area contributed by atoms with Crippen LogP contribution >= 0.6 is 0 Å². The Labute approximate surface area is 151 Å². The van der Waals surface area contributed by atoms with Gasteiger partial charge < -0.3 is 9.88 Å². The molecule has 0 saturated carbocycles. The van der Waals surface area contributed by atoms with Gasteiger partial charge in [-0.25, -0.2) is 0 Å². The van der Waals surface area contributed by atoms with Crippen LogP contribution in [0.5, 0.6) is 0 Å². The van der Waals surface area contributed by atoms with Gasteiger partial charge in [0, 0.05) is 45.0 Å². The number of benzene rings is 2. The number of hydrogen-bond acceptors (Lipinski definition) is 3. The van der Waals surface area contributed by atoms with Crippen LogP contribution in [0.4, 0.5) is 0 Å². The molecule has 0 radical (unpaired) electrons. The second kappa shape index (κ2) is 7.14. The van der Waals surface area contributed by atoms with Crippen LogP contribution in [0.3, 0.4) is 0 Å². The highest BCUT2D eigenvalue weighted by Gasteiger charge is 2.22. The Kier molecular flexibility index (Phi) is 4.54. The van der Waals surface area contributed by atoms with Crippen LogP contribution in [0.1, 0.15) is 15.9 Å². The van der Waals surface area contributed by atoms with Gasteiger partial charge in [0.15, 0.2) is 0 Å². The molecule has 5 nitrogen and oxygen atoms in total. The predicted octanol–water partition coefficient (Wildman–Crippen LogP) is 2.49. The lowest BCUT2D eigenvalue weighted by Crippen LogP contribution is -2.48. The van der Waals surface area contributed by atoms with Crippen molar-refractivity contribution in [2.45, 2.75) is 6.54 Å². The number of piperazine rings is 1. The Bertz CT molecular complexity index is 962. The van der Waals surface area contributed by atoms with E-state index in [-0.39, 0.29) is 11.5 Å². The SMILES string of the molecule is O=C(c1ccc(=O)[nH]c1)N1CCN(Cc2cccc3ccccc23)CC1. The van der Waals surface area contributed by atoms with Crippen molar-refractivity contribution in [3.63, 3.8) is 0 Å². The summed E-state index contributed by atoms with van der Waals surface area (Å²) in [6, 6.07) is 17.8. The Morgan fingerprint density at radius 3 is 2.46 bits per heavy atom. The number of fused-ring (bicyclic) bond motifs is 1. The van der Waals surface area contributed by atoms with E-state index >= 15 is 0 Å². The van der Waals surface area contributed by atoms with E-state index in [1.807, 2.05) is 4.90 Å². The van der Waals surface area contributed by atoms with E-state index < -0.39 is 0 Å². The highest BCUT2D eigenvalue weighted by molar-refractivity contribution is 5.94. The highest BCUT2D eigenvalue weighted by Crippen LogP contribution is 2.20. The molecule has 3 aromatic rings. The van der Waals surface area contributed by atoms with Gasteiger partial charge in [0.25, 0.3) is 5.91 Å². The van der Waals surface area contributed by atoms with E-state index in [2.05, 4.69) is 52.3 Å². The molecule has 4 rings (SSSR count). The molecule has 1 aliphatic rings. The molecule has 1 N–H and O–H groups in total. The summed E-state index contributed by atoms with van der Waals surface area (Å²) in [5.74, 6) is -0.0222. The van der Waals surface area contributed by atoms with Gasteiger partial charge in [-0.2, -0.15) is 0 Å².